The van der Waals surface area contributed by atoms with Gasteiger partial charge >= 0.3 is 0 Å². The number of carbonyl (C=O) groups is 1. The first-order chi connectivity index (χ1) is 13.1. The van der Waals surface area contributed by atoms with Crippen molar-refractivity contribution < 1.29 is 9.53 Å². The van der Waals surface area contributed by atoms with Gasteiger partial charge in [0.05, 0.1) is 17.3 Å². The van der Waals surface area contributed by atoms with Gasteiger partial charge < -0.3 is 10.1 Å². The highest BCUT2D eigenvalue weighted by Gasteiger charge is 2.34. The van der Waals surface area contributed by atoms with Crippen LogP contribution in [0.5, 0.6) is 0 Å². The van der Waals surface area contributed by atoms with Crippen molar-refractivity contribution >= 4 is 11.6 Å². The van der Waals surface area contributed by atoms with Gasteiger partial charge in [-0.3, -0.25) is 9.48 Å². The topological polar surface area (TPSA) is 99.8 Å². The molecular formula is C18H21N7O2. The van der Waals surface area contributed by atoms with E-state index >= 15 is 0 Å². The molecule has 1 amide bonds. The van der Waals surface area contributed by atoms with E-state index in [9.17, 15) is 4.79 Å². The number of amides is 1. The molecule has 0 bridgehead atoms. The third-order valence-corrected chi connectivity index (χ3v) is 4.87. The number of nitrogens with one attached hydrogen (secondary N) is 1. The number of tetrazole rings is 1. The Morgan fingerprint density at radius 2 is 2.22 bits per heavy atom. The van der Waals surface area contributed by atoms with Crippen molar-refractivity contribution in [3.63, 3.8) is 0 Å². The number of aryl methyl sites for hydroxylation is 2. The van der Waals surface area contributed by atoms with Crippen LogP contribution in [0, 0.1) is 12.8 Å². The third-order valence-electron chi connectivity index (χ3n) is 4.87. The molecule has 1 aliphatic rings. The Morgan fingerprint density at radius 3 is 2.93 bits per heavy atom. The van der Waals surface area contributed by atoms with E-state index in [2.05, 4.69) is 25.9 Å². The second-order valence-electron chi connectivity index (χ2n) is 6.66. The van der Waals surface area contributed by atoms with E-state index in [4.69, 9.17) is 4.74 Å². The summed E-state index contributed by atoms with van der Waals surface area (Å²) in [6.45, 7) is 2.61. The summed E-state index contributed by atoms with van der Waals surface area (Å²) in [5.74, 6) is -0.302. The van der Waals surface area contributed by atoms with Crippen LogP contribution in [0.25, 0.3) is 5.69 Å². The fourth-order valence-electron chi connectivity index (χ4n) is 3.50. The van der Waals surface area contributed by atoms with Crippen molar-refractivity contribution in [2.24, 2.45) is 13.0 Å². The van der Waals surface area contributed by atoms with Crippen LogP contribution in [0.1, 0.15) is 30.2 Å². The molecule has 27 heavy (non-hydrogen) atoms. The molecule has 0 unspecified atom stereocenters. The van der Waals surface area contributed by atoms with Crippen LogP contribution in [0.3, 0.4) is 0 Å². The Bertz CT molecular complexity index is 935. The van der Waals surface area contributed by atoms with Crippen LogP contribution in [-0.4, -0.2) is 42.5 Å². The number of anilines is 1. The first-order valence-corrected chi connectivity index (χ1v) is 8.88. The average molecular weight is 367 g/mol. The molecule has 2 atom stereocenters. The van der Waals surface area contributed by atoms with Gasteiger partial charge in [0.2, 0.25) is 5.91 Å². The molecule has 140 valence electrons. The molecule has 0 spiro atoms. The van der Waals surface area contributed by atoms with E-state index in [0.717, 1.165) is 35.5 Å². The van der Waals surface area contributed by atoms with Crippen molar-refractivity contribution in [2.45, 2.75) is 25.9 Å². The molecule has 0 saturated carbocycles. The number of hydrogen-bond donors (Lipinski definition) is 1. The lowest BCUT2D eigenvalue weighted by Crippen LogP contribution is -2.34. The first-order valence-electron chi connectivity index (χ1n) is 8.88. The fourth-order valence-corrected chi connectivity index (χ4v) is 3.50. The largest absolute Gasteiger partial charge is 0.371 e. The van der Waals surface area contributed by atoms with Crippen LogP contribution < -0.4 is 5.32 Å². The highest BCUT2D eigenvalue weighted by Crippen LogP contribution is 2.34. The quantitative estimate of drug-likeness (QED) is 0.755. The van der Waals surface area contributed by atoms with Gasteiger partial charge in [-0.05, 0) is 60.0 Å². The number of carbonyl (C=O) groups excluding carboxylic acids is 1. The van der Waals surface area contributed by atoms with Gasteiger partial charge in [0.25, 0.3) is 0 Å². The maximum absolute atomic E-state index is 13.0. The van der Waals surface area contributed by atoms with Crippen molar-refractivity contribution in [1.29, 1.82) is 0 Å². The summed E-state index contributed by atoms with van der Waals surface area (Å²) < 4.78 is 9.28. The van der Waals surface area contributed by atoms with Gasteiger partial charge in [-0.25, -0.2) is 4.68 Å². The predicted octanol–water partition coefficient (Wildman–Crippen LogP) is 1.81. The Hall–Kier alpha value is -3.07. The summed E-state index contributed by atoms with van der Waals surface area (Å²) >= 11 is 0. The van der Waals surface area contributed by atoms with Crippen LogP contribution in [-0.2, 0) is 16.6 Å². The second kappa shape index (κ2) is 7.28. The summed E-state index contributed by atoms with van der Waals surface area (Å²) in [7, 11) is 1.86. The third kappa shape index (κ3) is 3.45. The maximum Gasteiger partial charge on any atom is 0.230 e. The minimum absolute atomic E-state index is 0.0459. The molecule has 1 fully saturated rings. The SMILES string of the molecule is Cc1cc(NC(=O)[C@@H]2CCCO[C@H]2c2ccnn2C)ccc1-n1cnnn1. The molecule has 9 heteroatoms. The normalized spacial score (nSPS) is 19.8. The number of hydrogen-bond acceptors (Lipinski definition) is 6. The van der Waals surface area contributed by atoms with Gasteiger partial charge in [0.15, 0.2) is 0 Å². The second-order valence-corrected chi connectivity index (χ2v) is 6.66. The number of benzene rings is 1. The monoisotopic (exact) mass is 367 g/mol. The van der Waals surface area contributed by atoms with Crippen LogP contribution in [0.4, 0.5) is 5.69 Å². The lowest BCUT2D eigenvalue weighted by molar-refractivity contribution is -0.129. The highest BCUT2D eigenvalue weighted by atomic mass is 16.5. The Morgan fingerprint density at radius 1 is 1.33 bits per heavy atom. The molecule has 1 saturated heterocycles. The lowest BCUT2D eigenvalue weighted by Gasteiger charge is -2.30. The van der Waals surface area contributed by atoms with Crippen LogP contribution >= 0.6 is 0 Å². The molecular weight excluding hydrogens is 346 g/mol. The van der Waals surface area contributed by atoms with Crippen LogP contribution in [0.2, 0.25) is 0 Å². The standard InChI is InChI=1S/C18H21N7O2/c1-12-10-13(5-6-15(12)25-11-19-22-23-25)21-18(26)14-4-3-9-27-17(14)16-7-8-20-24(16)2/h5-8,10-11,14,17H,3-4,9H2,1-2H3,(H,21,26)/t14-,17-/m1/s1. The fraction of sp³-hybridized carbons (Fsp3) is 0.389. The minimum Gasteiger partial charge on any atom is -0.371 e. The molecule has 3 heterocycles. The van der Waals surface area contributed by atoms with Crippen LogP contribution in [0.15, 0.2) is 36.8 Å². The average Bonchev–Trinajstić information content (AvgIpc) is 3.33. The first kappa shape index (κ1) is 17.3. The molecule has 1 N–H and O–H groups in total. The summed E-state index contributed by atoms with van der Waals surface area (Å²) in [5.41, 5.74) is 3.48. The summed E-state index contributed by atoms with van der Waals surface area (Å²) in [5, 5.41) is 18.4. The number of aromatic nitrogens is 6. The van der Waals surface area contributed by atoms with Crippen molar-refractivity contribution in [1.82, 2.24) is 30.0 Å². The van der Waals surface area contributed by atoms with E-state index in [1.54, 1.807) is 21.9 Å². The molecule has 4 rings (SSSR count). The Balaban J connectivity index is 1.52. The van der Waals surface area contributed by atoms with Gasteiger partial charge in [-0.1, -0.05) is 0 Å². The molecule has 2 aromatic heterocycles. The molecule has 0 radical (unpaired) electrons. The van der Waals surface area contributed by atoms with Gasteiger partial charge in [0.1, 0.15) is 12.4 Å². The summed E-state index contributed by atoms with van der Waals surface area (Å²) in [6, 6.07) is 7.56. The lowest BCUT2D eigenvalue weighted by atomic mass is 9.91. The number of rotatable bonds is 4. The predicted molar refractivity (Wildman–Crippen MR) is 97.1 cm³/mol. The summed E-state index contributed by atoms with van der Waals surface area (Å²) in [6.07, 6.45) is 4.63. The number of ether oxygens (including phenoxy) is 1. The van der Waals surface area contributed by atoms with E-state index in [1.807, 2.05) is 38.2 Å². The molecule has 9 nitrogen and oxygen atoms in total. The molecule has 0 aliphatic carbocycles. The van der Waals surface area contributed by atoms with Gasteiger partial charge in [-0.2, -0.15) is 5.10 Å². The minimum atomic E-state index is -0.284. The molecule has 3 aromatic rings. The Labute approximate surface area is 156 Å². The van der Waals surface area contributed by atoms with Gasteiger partial charge in [0, 0.05) is 25.5 Å². The zero-order valence-electron chi connectivity index (χ0n) is 15.2. The van der Waals surface area contributed by atoms with E-state index < -0.39 is 0 Å². The Kier molecular flexibility index (Phi) is 4.68. The molecule has 1 aromatic carbocycles. The maximum atomic E-state index is 13.0. The van der Waals surface area contributed by atoms with Gasteiger partial charge in [-0.15, -0.1) is 5.10 Å². The van der Waals surface area contributed by atoms with Crippen molar-refractivity contribution in [3.05, 3.63) is 48.0 Å². The molecule has 1 aliphatic heterocycles. The smallest absolute Gasteiger partial charge is 0.230 e. The van der Waals surface area contributed by atoms with Crippen molar-refractivity contribution in [2.75, 3.05) is 11.9 Å². The zero-order valence-corrected chi connectivity index (χ0v) is 15.2. The highest BCUT2D eigenvalue weighted by molar-refractivity contribution is 5.93. The van der Waals surface area contributed by atoms with E-state index in [-0.39, 0.29) is 17.9 Å². The van der Waals surface area contributed by atoms with E-state index in [1.165, 1.54) is 0 Å². The van der Waals surface area contributed by atoms with Crippen molar-refractivity contribution in [3.8, 4) is 5.69 Å². The zero-order chi connectivity index (χ0) is 18.8. The summed E-state index contributed by atoms with van der Waals surface area (Å²) in [4.78, 5) is 13.0. The number of nitrogens with zero attached hydrogens (tertiary/aromatic N) is 6. The van der Waals surface area contributed by atoms with E-state index in [0.29, 0.717) is 6.61 Å².